The van der Waals surface area contributed by atoms with E-state index < -0.39 is 24.3 Å². The molecule has 2 aromatic carbocycles. The second-order valence-corrected chi connectivity index (χ2v) is 8.51. The average molecular weight is 591 g/mol. The Kier molecular flexibility index (Phi) is 12.6. The minimum Gasteiger partial charge on any atom is -0.492 e. The molecule has 15 heteroatoms. The van der Waals surface area contributed by atoms with E-state index in [0.29, 0.717) is 0 Å². The first kappa shape index (κ1) is 33.1. The lowest BCUT2D eigenvalue weighted by Crippen LogP contribution is -2.47. The van der Waals surface area contributed by atoms with Crippen LogP contribution < -0.4 is 4.74 Å². The number of imidazole rings is 1. The van der Waals surface area contributed by atoms with Crippen LogP contribution in [0.15, 0.2) is 66.9 Å². The summed E-state index contributed by atoms with van der Waals surface area (Å²) in [4.78, 5) is 30.7. The summed E-state index contributed by atoms with van der Waals surface area (Å²) in [6.07, 6.45) is -8.21. The van der Waals surface area contributed by atoms with Gasteiger partial charge in [-0.3, -0.25) is 9.80 Å². The molecule has 0 aliphatic carbocycles. The fourth-order valence-corrected chi connectivity index (χ4v) is 3.40. The number of benzene rings is 2. The molecule has 0 saturated carbocycles. The van der Waals surface area contributed by atoms with E-state index in [0.717, 1.165) is 63.0 Å². The summed E-state index contributed by atoms with van der Waals surface area (Å²) in [5, 5.41) is 14.2. The Morgan fingerprint density at radius 3 is 1.76 bits per heavy atom. The van der Waals surface area contributed by atoms with Crippen LogP contribution >= 0.6 is 0 Å². The van der Waals surface area contributed by atoms with Gasteiger partial charge in [0.25, 0.3) is 0 Å². The third-order valence-corrected chi connectivity index (χ3v) is 5.44. The average Bonchev–Trinajstić information content (AvgIpc) is 3.39. The van der Waals surface area contributed by atoms with E-state index in [4.69, 9.17) is 24.5 Å². The molecule has 224 valence electrons. The highest BCUT2D eigenvalue weighted by atomic mass is 19.4. The van der Waals surface area contributed by atoms with Gasteiger partial charge in [0.05, 0.1) is 0 Å². The molecule has 4 rings (SSSR count). The van der Waals surface area contributed by atoms with Crippen molar-refractivity contribution in [2.75, 3.05) is 39.3 Å². The molecule has 3 aromatic rings. The van der Waals surface area contributed by atoms with Crippen LogP contribution in [0, 0.1) is 0 Å². The van der Waals surface area contributed by atoms with Crippen LogP contribution in [-0.4, -0.2) is 93.6 Å². The van der Waals surface area contributed by atoms with Crippen molar-refractivity contribution in [3.8, 4) is 17.1 Å². The number of aromatic nitrogens is 2. The lowest BCUT2D eigenvalue weighted by molar-refractivity contribution is -0.193. The molecule has 2 heterocycles. The van der Waals surface area contributed by atoms with Crippen molar-refractivity contribution in [1.82, 2.24) is 19.8 Å². The Hall–Kier alpha value is -4.11. The van der Waals surface area contributed by atoms with Crippen LogP contribution in [0.2, 0.25) is 0 Å². The molecule has 1 aliphatic rings. The van der Waals surface area contributed by atoms with Crippen molar-refractivity contribution in [3.63, 3.8) is 0 Å². The van der Waals surface area contributed by atoms with Crippen LogP contribution in [0.3, 0.4) is 0 Å². The SMILES string of the molecule is O=C(O)C(F)(F)F.O=C(O)C(F)(F)F.c1ccc(OCCN2CCN(Cc3cnc(-c4ccccc4)[nH]3)CC2)cc1. The van der Waals surface area contributed by atoms with E-state index in [2.05, 4.69) is 31.9 Å². The molecule has 0 radical (unpaired) electrons. The van der Waals surface area contributed by atoms with E-state index in [1.165, 1.54) is 5.69 Å². The summed E-state index contributed by atoms with van der Waals surface area (Å²) in [6.45, 7) is 6.95. The van der Waals surface area contributed by atoms with Gasteiger partial charge in [-0.1, -0.05) is 48.5 Å². The standard InChI is InChI=1S/C22H26N4O.2C2HF3O2/c1-3-7-19(8-4-1)22-23-17-20(24-22)18-26-13-11-25(12-14-26)15-16-27-21-9-5-2-6-10-21;2*3-2(4,5)1(6)7/h1-10,17H,11-16,18H2,(H,23,24);2*(H,6,7). The molecule has 0 amide bonds. The molecule has 1 aromatic heterocycles. The minimum absolute atomic E-state index is 0.741. The molecule has 9 nitrogen and oxygen atoms in total. The first-order chi connectivity index (χ1) is 19.3. The van der Waals surface area contributed by atoms with Crippen LogP contribution in [0.25, 0.3) is 11.4 Å². The molecule has 1 fully saturated rings. The van der Waals surface area contributed by atoms with E-state index in [-0.39, 0.29) is 0 Å². The number of hydrogen-bond acceptors (Lipinski definition) is 6. The van der Waals surface area contributed by atoms with Gasteiger partial charge in [-0.05, 0) is 12.1 Å². The summed E-state index contributed by atoms with van der Waals surface area (Å²) in [5.74, 6) is -3.62. The lowest BCUT2D eigenvalue weighted by Gasteiger charge is -2.34. The van der Waals surface area contributed by atoms with E-state index >= 15 is 0 Å². The number of para-hydroxylation sites is 1. The van der Waals surface area contributed by atoms with Crippen LogP contribution in [0.5, 0.6) is 5.75 Å². The monoisotopic (exact) mass is 590 g/mol. The molecule has 0 bridgehead atoms. The molecule has 3 N–H and O–H groups in total. The van der Waals surface area contributed by atoms with Gasteiger partial charge in [0.2, 0.25) is 0 Å². The zero-order valence-corrected chi connectivity index (χ0v) is 21.5. The first-order valence-corrected chi connectivity index (χ1v) is 12.1. The van der Waals surface area contributed by atoms with Crippen molar-refractivity contribution in [1.29, 1.82) is 0 Å². The number of nitrogens with one attached hydrogen (secondary N) is 1. The maximum absolute atomic E-state index is 10.6. The number of aliphatic carboxylic acids is 2. The smallest absolute Gasteiger partial charge is 0.490 e. The summed E-state index contributed by atoms with van der Waals surface area (Å²) >= 11 is 0. The van der Waals surface area contributed by atoms with Gasteiger partial charge in [-0.2, -0.15) is 26.3 Å². The molecule has 1 aliphatic heterocycles. The number of piperazine rings is 1. The normalized spacial score (nSPS) is 14.2. The van der Waals surface area contributed by atoms with Crippen molar-refractivity contribution < 1.29 is 50.9 Å². The number of H-pyrrole nitrogens is 1. The summed E-state index contributed by atoms with van der Waals surface area (Å²) in [5.41, 5.74) is 2.31. The highest BCUT2D eigenvalue weighted by molar-refractivity contribution is 5.73. The lowest BCUT2D eigenvalue weighted by atomic mass is 10.2. The Labute approximate surface area is 231 Å². The molecular formula is C26H28F6N4O5. The van der Waals surface area contributed by atoms with Crippen LogP contribution in [0.1, 0.15) is 5.69 Å². The quantitative estimate of drug-likeness (QED) is 0.344. The number of carbonyl (C=O) groups is 2. The third-order valence-electron chi connectivity index (χ3n) is 5.44. The largest absolute Gasteiger partial charge is 0.492 e. The second kappa shape index (κ2) is 15.6. The number of halogens is 6. The van der Waals surface area contributed by atoms with Crippen molar-refractivity contribution in [3.05, 3.63) is 72.6 Å². The fraction of sp³-hybridized carbons (Fsp3) is 0.346. The van der Waals surface area contributed by atoms with Crippen molar-refractivity contribution in [2.24, 2.45) is 0 Å². The van der Waals surface area contributed by atoms with E-state index in [1.54, 1.807) is 0 Å². The Balaban J connectivity index is 0.000000349. The number of nitrogens with zero attached hydrogens (tertiary/aromatic N) is 3. The molecule has 0 spiro atoms. The second-order valence-electron chi connectivity index (χ2n) is 8.51. The molecular weight excluding hydrogens is 562 g/mol. The van der Waals surface area contributed by atoms with Gasteiger partial charge in [-0.25, -0.2) is 14.6 Å². The topological polar surface area (TPSA) is 119 Å². The number of carboxylic acids is 2. The molecule has 0 unspecified atom stereocenters. The number of hydrogen-bond donors (Lipinski definition) is 3. The summed E-state index contributed by atoms with van der Waals surface area (Å²) < 4.78 is 69.3. The van der Waals surface area contributed by atoms with Crippen molar-refractivity contribution >= 4 is 11.9 Å². The Morgan fingerprint density at radius 1 is 0.805 bits per heavy atom. The van der Waals surface area contributed by atoms with Crippen molar-refractivity contribution in [2.45, 2.75) is 18.9 Å². The van der Waals surface area contributed by atoms with Gasteiger partial charge >= 0.3 is 24.3 Å². The predicted octanol–water partition coefficient (Wildman–Crippen LogP) is 4.54. The summed E-state index contributed by atoms with van der Waals surface area (Å²) in [7, 11) is 0. The molecule has 0 atom stereocenters. The number of rotatable bonds is 7. The third kappa shape index (κ3) is 12.7. The maximum Gasteiger partial charge on any atom is 0.490 e. The number of aromatic amines is 1. The van der Waals surface area contributed by atoms with E-state index in [9.17, 15) is 26.3 Å². The number of ether oxygens (including phenoxy) is 1. The van der Waals surface area contributed by atoms with E-state index in [1.807, 2.05) is 54.7 Å². The fourth-order valence-electron chi connectivity index (χ4n) is 3.40. The Bertz CT molecular complexity index is 1170. The van der Waals surface area contributed by atoms with Gasteiger partial charge in [0, 0.05) is 56.7 Å². The number of carboxylic acid groups (broad SMARTS) is 2. The van der Waals surface area contributed by atoms with Gasteiger partial charge in [-0.15, -0.1) is 0 Å². The minimum atomic E-state index is -5.08. The summed E-state index contributed by atoms with van der Waals surface area (Å²) in [6, 6.07) is 20.3. The van der Waals surface area contributed by atoms with Crippen LogP contribution in [0.4, 0.5) is 26.3 Å². The first-order valence-electron chi connectivity index (χ1n) is 12.1. The highest BCUT2D eigenvalue weighted by Gasteiger charge is 2.38. The molecule has 1 saturated heterocycles. The van der Waals surface area contributed by atoms with Crippen LogP contribution in [-0.2, 0) is 16.1 Å². The zero-order chi connectivity index (χ0) is 30.5. The van der Waals surface area contributed by atoms with Gasteiger partial charge in [0.15, 0.2) is 0 Å². The Morgan fingerprint density at radius 2 is 1.27 bits per heavy atom. The van der Waals surface area contributed by atoms with Gasteiger partial charge in [0.1, 0.15) is 18.2 Å². The van der Waals surface area contributed by atoms with Gasteiger partial charge < -0.3 is 19.9 Å². The highest BCUT2D eigenvalue weighted by Crippen LogP contribution is 2.17. The molecule has 41 heavy (non-hydrogen) atoms. The maximum atomic E-state index is 10.6. The zero-order valence-electron chi connectivity index (χ0n) is 21.5. The number of alkyl halides is 6. The predicted molar refractivity (Wildman–Crippen MR) is 135 cm³/mol.